The van der Waals surface area contributed by atoms with Gasteiger partial charge in [0.05, 0.1) is 11.0 Å². The van der Waals surface area contributed by atoms with Crippen molar-refractivity contribution in [3.63, 3.8) is 0 Å². The van der Waals surface area contributed by atoms with Crippen LogP contribution in [0, 0.1) is 5.92 Å². The van der Waals surface area contributed by atoms with Gasteiger partial charge < -0.3 is 18.9 Å². The molecule has 2 heterocycles. The molecule has 0 unspecified atom stereocenters. The minimum atomic E-state index is -0.0292. The fraction of sp³-hybridized carbons (Fsp3) is 0.500. The molecule has 6 nitrogen and oxygen atoms in total. The SMILES string of the molecule is CN(Sc1ccc(C(=O)NC2CC2)cc1)c1ccc2c(c1)nc(C(C)(C)C)n2CC1CCOCC1. The topological polar surface area (TPSA) is 59.4 Å². The van der Waals surface area contributed by atoms with Gasteiger partial charge in [0.25, 0.3) is 5.91 Å². The number of anilines is 1. The van der Waals surface area contributed by atoms with Crippen LogP contribution in [0.15, 0.2) is 47.4 Å². The van der Waals surface area contributed by atoms with Gasteiger partial charge in [0.1, 0.15) is 5.82 Å². The van der Waals surface area contributed by atoms with Gasteiger partial charge in [-0.15, -0.1) is 0 Å². The fourth-order valence-electron chi connectivity index (χ4n) is 4.63. The first-order valence-electron chi connectivity index (χ1n) is 12.7. The Kier molecular flexibility index (Phi) is 6.82. The number of carbonyl (C=O) groups excluding carboxylic acids is 1. The Morgan fingerprint density at radius 2 is 1.83 bits per heavy atom. The van der Waals surface area contributed by atoms with Crippen LogP contribution in [0.3, 0.4) is 0 Å². The van der Waals surface area contributed by atoms with Crippen LogP contribution < -0.4 is 9.62 Å². The van der Waals surface area contributed by atoms with Crippen molar-refractivity contribution in [1.82, 2.24) is 14.9 Å². The molecule has 0 bridgehead atoms. The summed E-state index contributed by atoms with van der Waals surface area (Å²) in [6.45, 7) is 9.45. The van der Waals surface area contributed by atoms with Gasteiger partial charge in [0.15, 0.2) is 0 Å². The van der Waals surface area contributed by atoms with Gasteiger partial charge in [-0.3, -0.25) is 4.79 Å². The van der Waals surface area contributed by atoms with E-state index in [-0.39, 0.29) is 11.3 Å². The quantitative estimate of drug-likeness (QED) is 0.423. The molecule has 1 N–H and O–H groups in total. The lowest BCUT2D eigenvalue weighted by Crippen LogP contribution is -2.25. The van der Waals surface area contributed by atoms with E-state index < -0.39 is 0 Å². The van der Waals surface area contributed by atoms with Gasteiger partial charge in [-0.1, -0.05) is 20.8 Å². The maximum Gasteiger partial charge on any atom is 0.251 e. The zero-order chi connectivity index (χ0) is 24.6. The monoisotopic (exact) mass is 492 g/mol. The van der Waals surface area contributed by atoms with Crippen molar-refractivity contribution in [2.24, 2.45) is 5.92 Å². The van der Waals surface area contributed by atoms with Gasteiger partial charge in [-0.05, 0) is 86.0 Å². The maximum atomic E-state index is 12.3. The molecule has 0 atom stereocenters. The number of hydrogen-bond acceptors (Lipinski definition) is 5. The third-order valence-corrected chi connectivity index (χ3v) is 7.79. The fourth-order valence-corrected chi connectivity index (χ4v) is 5.43. The van der Waals surface area contributed by atoms with Crippen LogP contribution in [-0.2, 0) is 16.7 Å². The zero-order valence-corrected chi connectivity index (χ0v) is 22.0. The van der Waals surface area contributed by atoms with Crippen molar-refractivity contribution < 1.29 is 9.53 Å². The highest BCUT2D eigenvalue weighted by atomic mass is 32.2. The summed E-state index contributed by atoms with van der Waals surface area (Å²) in [6, 6.07) is 14.8. The molecular formula is C28H36N4O2S. The summed E-state index contributed by atoms with van der Waals surface area (Å²) in [4.78, 5) is 18.5. The Balaban J connectivity index is 1.34. The zero-order valence-electron chi connectivity index (χ0n) is 21.2. The molecule has 2 aliphatic rings. The predicted octanol–water partition coefficient (Wildman–Crippen LogP) is 5.80. The second kappa shape index (κ2) is 9.86. The summed E-state index contributed by atoms with van der Waals surface area (Å²) < 4.78 is 10.2. The van der Waals surface area contributed by atoms with E-state index in [2.05, 4.69) is 60.2 Å². The second-order valence-corrected chi connectivity index (χ2v) is 12.1. The van der Waals surface area contributed by atoms with E-state index in [1.807, 2.05) is 24.3 Å². The number of carbonyl (C=O) groups is 1. The van der Waals surface area contributed by atoms with Crippen molar-refractivity contribution in [1.29, 1.82) is 0 Å². The normalized spacial score (nSPS) is 17.0. The molecule has 0 radical (unpaired) electrons. The molecule has 5 rings (SSSR count). The molecule has 186 valence electrons. The number of nitrogens with one attached hydrogen (secondary N) is 1. The molecule has 1 saturated carbocycles. The predicted molar refractivity (Wildman–Crippen MR) is 143 cm³/mol. The lowest BCUT2D eigenvalue weighted by molar-refractivity contribution is 0.0611. The number of aromatic nitrogens is 2. The van der Waals surface area contributed by atoms with Gasteiger partial charge in [-0.25, -0.2) is 4.98 Å². The molecule has 2 fully saturated rings. The number of ether oxygens (including phenoxy) is 1. The van der Waals surface area contributed by atoms with Gasteiger partial charge in [0, 0.05) is 54.4 Å². The first-order valence-corrected chi connectivity index (χ1v) is 13.5. The molecular weight excluding hydrogens is 456 g/mol. The molecule has 1 saturated heterocycles. The third kappa shape index (κ3) is 5.67. The van der Waals surface area contributed by atoms with Gasteiger partial charge >= 0.3 is 0 Å². The van der Waals surface area contributed by atoms with E-state index in [0.717, 1.165) is 72.9 Å². The van der Waals surface area contributed by atoms with E-state index in [9.17, 15) is 4.79 Å². The number of rotatable bonds is 7. The van der Waals surface area contributed by atoms with Crippen molar-refractivity contribution in [3.05, 3.63) is 53.9 Å². The van der Waals surface area contributed by atoms with Crippen LogP contribution in [-0.4, -0.2) is 41.8 Å². The van der Waals surface area contributed by atoms with Crippen molar-refractivity contribution in [2.75, 3.05) is 24.6 Å². The summed E-state index contributed by atoms with van der Waals surface area (Å²) in [7, 11) is 2.07. The largest absolute Gasteiger partial charge is 0.381 e. The smallest absolute Gasteiger partial charge is 0.251 e. The van der Waals surface area contributed by atoms with Crippen LogP contribution in [0.4, 0.5) is 5.69 Å². The summed E-state index contributed by atoms with van der Waals surface area (Å²) in [5.74, 6) is 1.80. The van der Waals surface area contributed by atoms with E-state index in [4.69, 9.17) is 9.72 Å². The van der Waals surface area contributed by atoms with Gasteiger partial charge in [0.2, 0.25) is 0 Å². The Bertz CT molecular complexity index is 1190. The summed E-state index contributed by atoms with van der Waals surface area (Å²) >= 11 is 1.65. The van der Waals surface area contributed by atoms with Crippen LogP contribution in [0.25, 0.3) is 11.0 Å². The van der Waals surface area contributed by atoms with E-state index >= 15 is 0 Å². The van der Waals surface area contributed by atoms with Crippen LogP contribution in [0.5, 0.6) is 0 Å². The molecule has 1 aromatic heterocycles. The van der Waals surface area contributed by atoms with E-state index in [1.54, 1.807) is 11.9 Å². The van der Waals surface area contributed by atoms with E-state index in [0.29, 0.717) is 12.0 Å². The summed E-state index contributed by atoms with van der Waals surface area (Å²) in [5, 5.41) is 3.04. The molecule has 7 heteroatoms. The molecule has 2 aromatic carbocycles. The van der Waals surface area contributed by atoms with Crippen LogP contribution in [0.2, 0.25) is 0 Å². The summed E-state index contributed by atoms with van der Waals surface area (Å²) in [5.41, 5.74) is 4.04. The maximum absolute atomic E-state index is 12.3. The highest BCUT2D eigenvalue weighted by Gasteiger charge is 2.26. The second-order valence-electron chi connectivity index (χ2n) is 10.9. The highest BCUT2D eigenvalue weighted by molar-refractivity contribution is 8.00. The minimum absolute atomic E-state index is 0.0221. The third-order valence-electron chi connectivity index (χ3n) is 6.82. The van der Waals surface area contributed by atoms with Crippen molar-refractivity contribution in [2.45, 2.75) is 69.4 Å². The molecule has 3 aromatic rings. The Morgan fingerprint density at radius 1 is 1.11 bits per heavy atom. The number of nitrogens with zero attached hydrogens (tertiary/aromatic N) is 3. The average Bonchev–Trinajstić information content (AvgIpc) is 3.58. The van der Waals surface area contributed by atoms with Crippen molar-refractivity contribution >= 4 is 34.6 Å². The number of imidazole rings is 1. The van der Waals surface area contributed by atoms with Crippen LogP contribution >= 0.6 is 11.9 Å². The molecule has 0 spiro atoms. The number of amides is 1. The first-order chi connectivity index (χ1) is 16.8. The average molecular weight is 493 g/mol. The first kappa shape index (κ1) is 24.2. The lowest BCUT2D eigenvalue weighted by Gasteiger charge is -2.26. The number of benzene rings is 2. The molecule has 1 aliphatic heterocycles. The number of hydrogen-bond donors (Lipinski definition) is 1. The Morgan fingerprint density at radius 3 is 2.49 bits per heavy atom. The molecule has 35 heavy (non-hydrogen) atoms. The minimum Gasteiger partial charge on any atom is -0.381 e. The lowest BCUT2D eigenvalue weighted by atomic mass is 9.94. The highest BCUT2D eigenvalue weighted by Crippen LogP contribution is 2.33. The molecule has 1 aliphatic carbocycles. The molecule has 1 amide bonds. The van der Waals surface area contributed by atoms with E-state index in [1.165, 1.54) is 5.52 Å². The van der Waals surface area contributed by atoms with Gasteiger partial charge in [-0.2, -0.15) is 0 Å². The standard InChI is InChI=1S/C28H36N4O2S/c1-28(2,3)27-30-24-17-22(9-12-25(24)32(27)18-19-13-15-34-16-14-19)31(4)35-23-10-5-20(6-11-23)26(33)29-21-7-8-21/h5-6,9-12,17,19,21H,7-8,13-16,18H2,1-4H3,(H,29,33). The summed E-state index contributed by atoms with van der Waals surface area (Å²) in [6.07, 6.45) is 4.42. The van der Waals surface area contributed by atoms with Crippen molar-refractivity contribution in [3.8, 4) is 0 Å². The number of fused-ring (bicyclic) bond motifs is 1. The Labute approximate surface area is 212 Å². The Hall–Kier alpha value is -2.51. The van der Waals surface area contributed by atoms with Crippen LogP contribution in [0.1, 0.15) is 62.6 Å².